The van der Waals surface area contributed by atoms with Gasteiger partial charge in [0.25, 0.3) is 5.91 Å². The minimum absolute atomic E-state index is 0.0144. The van der Waals surface area contributed by atoms with E-state index in [1.165, 1.54) is 12.3 Å². The summed E-state index contributed by atoms with van der Waals surface area (Å²) in [6, 6.07) is 2.43. The Morgan fingerprint density at radius 3 is 2.78 bits per heavy atom. The van der Waals surface area contributed by atoms with E-state index in [9.17, 15) is 18.3 Å². The molecule has 3 rings (SSSR count). The smallest absolute Gasteiger partial charge is 0.276 e. The predicted molar refractivity (Wildman–Crippen MR) is 85.0 cm³/mol. The van der Waals surface area contributed by atoms with Crippen LogP contribution in [0.4, 0.5) is 0 Å². The standard InChI is InChI=1S/C15H21N3O4S/c1-2-6-17-7-8-18(12-10-23(21,22)9-11(12)17)15(20)14-13(19)4-3-5-16-14/h3-5,11-12,19H,2,6-10H2,1H3. The van der Waals surface area contributed by atoms with E-state index in [0.717, 1.165) is 13.0 Å². The molecule has 0 spiro atoms. The highest BCUT2D eigenvalue weighted by Crippen LogP contribution is 2.29. The molecule has 1 N–H and O–H groups in total. The van der Waals surface area contributed by atoms with E-state index in [0.29, 0.717) is 13.1 Å². The summed E-state index contributed by atoms with van der Waals surface area (Å²) in [5.41, 5.74) is -0.0144. The molecular formula is C15H21N3O4S. The highest BCUT2D eigenvalue weighted by molar-refractivity contribution is 7.91. The number of hydrogen-bond donors (Lipinski definition) is 1. The average Bonchev–Trinajstić information content (AvgIpc) is 2.83. The van der Waals surface area contributed by atoms with Crippen molar-refractivity contribution in [3.63, 3.8) is 0 Å². The van der Waals surface area contributed by atoms with Gasteiger partial charge in [0, 0.05) is 25.3 Å². The minimum atomic E-state index is -3.16. The Kier molecular flexibility index (Phi) is 4.29. The highest BCUT2D eigenvalue weighted by atomic mass is 32.2. The predicted octanol–water partition coefficient (Wildman–Crippen LogP) is 0.121. The fourth-order valence-corrected chi connectivity index (χ4v) is 5.55. The van der Waals surface area contributed by atoms with E-state index >= 15 is 0 Å². The molecule has 0 aliphatic carbocycles. The number of sulfone groups is 1. The second-order valence-electron chi connectivity index (χ2n) is 6.12. The van der Waals surface area contributed by atoms with E-state index in [1.807, 2.05) is 0 Å². The molecule has 1 aromatic rings. The van der Waals surface area contributed by atoms with Crippen molar-refractivity contribution in [1.29, 1.82) is 0 Å². The molecule has 126 valence electrons. The van der Waals surface area contributed by atoms with Crippen molar-refractivity contribution in [3.8, 4) is 5.75 Å². The van der Waals surface area contributed by atoms with Gasteiger partial charge in [-0.2, -0.15) is 0 Å². The summed E-state index contributed by atoms with van der Waals surface area (Å²) in [6.07, 6.45) is 2.39. The number of nitrogens with zero attached hydrogens (tertiary/aromatic N) is 3. The summed E-state index contributed by atoms with van der Waals surface area (Å²) in [5.74, 6) is -0.496. The minimum Gasteiger partial charge on any atom is -0.505 e. The largest absolute Gasteiger partial charge is 0.505 e. The Morgan fingerprint density at radius 2 is 2.09 bits per heavy atom. The quantitative estimate of drug-likeness (QED) is 0.841. The van der Waals surface area contributed by atoms with Crippen molar-refractivity contribution in [2.75, 3.05) is 31.1 Å². The van der Waals surface area contributed by atoms with Crippen LogP contribution in [0.25, 0.3) is 0 Å². The molecule has 1 amide bonds. The Hall–Kier alpha value is -1.67. The summed E-state index contributed by atoms with van der Waals surface area (Å²) in [6.45, 7) is 3.98. The molecule has 2 aliphatic rings. The van der Waals surface area contributed by atoms with Gasteiger partial charge in [0.15, 0.2) is 15.5 Å². The van der Waals surface area contributed by atoms with E-state index in [-0.39, 0.29) is 35.0 Å². The zero-order chi connectivity index (χ0) is 16.6. The fourth-order valence-electron chi connectivity index (χ4n) is 3.54. The van der Waals surface area contributed by atoms with Gasteiger partial charge in [-0.15, -0.1) is 0 Å². The van der Waals surface area contributed by atoms with Crippen molar-refractivity contribution < 1.29 is 18.3 Å². The first-order valence-electron chi connectivity index (χ1n) is 7.82. The Bertz CT molecular complexity index is 706. The molecule has 0 aromatic carbocycles. The molecule has 7 nitrogen and oxygen atoms in total. The van der Waals surface area contributed by atoms with Gasteiger partial charge in [-0.25, -0.2) is 13.4 Å². The molecular weight excluding hydrogens is 318 g/mol. The third-order valence-corrected chi connectivity index (χ3v) is 6.25. The summed E-state index contributed by atoms with van der Waals surface area (Å²) < 4.78 is 24.2. The normalized spacial score (nSPS) is 26.9. The second kappa shape index (κ2) is 6.09. The molecule has 23 heavy (non-hydrogen) atoms. The fraction of sp³-hybridized carbons (Fsp3) is 0.600. The van der Waals surface area contributed by atoms with Crippen molar-refractivity contribution in [1.82, 2.24) is 14.8 Å². The lowest BCUT2D eigenvalue weighted by molar-refractivity contribution is 0.0326. The van der Waals surface area contributed by atoms with E-state index < -0.39 is 15.7 Å². The molecule has 8 heteroatoms. The van der Waals surface area contributed by atoms with E-state index in [1.54, 1.807) is 11.0 Å². The molecule has 0 bridgehead atoms. The lowest BCUT2D eigenvalue weighted by Crippen LogP contribution is -2.60. The molecule has 2 unspecified atom stereocenters. The number of fused-ring (bicyclic) bond motifs is 1. The zero-order valence-corrected chi connectivity index (χ0v) is 13.9. The van der Waals surface area contributed by atoms with E-state index in [2.05, 4.69) is 16.8 Å². The molecule has 0 saturated carbocycles. The van der Waals surface area contributed by atoms with Gasteiger partial charge < -0.3 is 10.0 Å². The van der Waals surface area contributed by atoms with Crippen LogP contribution in [-0.2, 0) is 9.84 Å². The van der Waals surface area contributed by atoms with Crippen LogP contribution in [0.1, 0.15) is 23.8 Å². The van der Waals surface area contributed by atoms with E-state index in [4.69, 9.17) is 0 Å². The van der Waals surface area contributed by atoms with Gasteiger partial charge in [0.05, 0.1) is 17.5 Å². The Labute approximate surface area is 135 Å². The molecule has 0 radical (unpaired) electrons. The van der Waals surface area contributed by atoms with Crippen LogP contribution >= 0.6 is 0 Å². The van der Waals surface area contributed by atoms with Crippen LogP contribution in [-0.4, -0.2) is 77.4 Å². The summed E-state index contributed by atoms with van der Waals surface area (Å²) in [5, 5.41) is 9.85. The summed E-state index contributed by atoms with van der Waals surface area (Å²) >= 11 is 0. The Balaban J connectivity index is 1.89. The number of piperazine rings is 1. The van der Waals surface area contributed by atoms with Crippen LogP contribution in [0.2, 0.25) is 0 Å². The molecule has 1 aromatic heterocycles. The van der Waals surface area contributed by atoms with Gasteiger partial charge >= 0.3 is 0 Å². The first-order chi connectivity index (χ1) is 10.9. The molecule has 2 aliphatic heterocycles. The molecule has 3 heterocycles. The van der Waals surface area contributed by atoms with Gasteiger partial charge in [-0.3, -0.25) is 9.69 Å². The topological polar surface area (TPSA) is 90.8 Å². The molecule has 2 atom stereocenters. The van der Waals surface area contributed by atoms with Crippen molar-refractivity contribution in [2.45, 2.75) is 25.4 Å². The van der Waals surface area contributed by atoms with Crippen molar-refractivity contribution in [3.05, 3.63) is 24.0 Å². The maximum absolute atomic E-state index is 12.7. The average molecular weight is 339 g/mol. The third-order valence-electron chi connectivity index (χ3n) is 4.55. The number of carbonyl (C=O) groups is 1. The maximum Gasteiger partial charge on any atom is 0.276 e. The van der Waals surface area contributed by atoms with Gasteiger partial charge in [-0.1, -0.05) is 6.92 Å². The lowest BCUT2D eigenvalue weighted by Gasteiger charge is -2.43. The number of aromatic hydroxyl groups is 1. The number of hydrogen-bond acceptors (Lipinski definition) is 6. The van der Waals surface area contributed by atoms with Crippen molar-refractivity contribution >= 4 is 15.7 Å². The van der Waals surface area contributed by atoms with Crippen LogP contribution in [0.15, 0.2) is 18.3 Å². The van der Waals surface area contributed by atoms with Crippen LogP contribution in [0, 0.1) is 0 Å². The first-order valence-corrected chi connectivity index (χ1v) is 9.64. The second-order valence-corrected chi connectivity index (χ2v) is 8.27. The summed E-state index contributed by atoms with van der Waals surface area (Å²) in [7, 11) is -3.16. The summed E-state index contributed by atoms with van der Waals surface area (Å²) in [4.78, 5) is 20.4. The highest BCUT2D eigenvalue weighted by Gasteiger charge is 2.48. The van der Waals surface area contributed by atoms with Crippen LogP contribution in [0.5, 0.6) is 5.75 Å². The van der Waals surface area contributed by atoms with Crippen molar-refractivity contribution in [2.24, 2.45) is 0 Å². The van der Waals surface area contributed by atoms with Gasteiger partial charge in [-0.05, 0) is 25.1 Å². The molecule has 2 saturated heterocycles. The van der Waals surface area contributed by atoms with Gasteiger partial charge in [0.2, 0.25) is 0 Å². The lowest BCUT2D eigenvalue weighted by atomic mass is 10.0. The molecule has 2 fully saturated rings. The van der Waals surface area contributed by atoms with Gasteiger partial charge in [0.1, 0.15) is 5.75 Å². The monoisotopic (exact) mass is 339 g/mol. The first kappa shape index (κ1) is 16.2. The number of carbonyl (C=O) groups excluding carboxylic acids is 1. The number of amides is 1. The Morgan fingerprint density at radius 1 is 1.35 bits per heavy atom. The number of pyridine rings is 1. The third kappa shape index (κ3) is 3.05. The number of rotatable bonds is 3. The van der Waals surface area contributed by atoms with Crippen LogP contribution < -0.4 is 0 Å². The number of aromatic nitrogens is 1. The zero-order valence-electron chi connectivity index (χ0n) is 13.1. The van der Waals surface area contributed by atoms with Crippen LogP contribution in [0.3, 0.4) is 0 Å². The SMILES string of the molecule is CCCN1CCN(C(=O)c2ncccc2O)C2CS(=O)(=O)CC21. The maximum atomic E-state index is 12.7.